The molecule has 0 aliphatic carbocycles. The topological polar surface area (TPSA) is 48.5 Å². The van der Waals surface area contributed by atoms with Crippen LogP contribution in [-0.2, 0) is 0 Å². The number of likely N-dealkylation sites (N-methyl/N-ethyl adjacent to an activating group) is 2. The van der Waals surface area contributed by atoms with E-state index in [0.29, 0.717) is 5.56 Å². The number of amides is 1. The largest absolute Gasteiger partial charge is 0.358 e. The summed E-state index contributed by atoms with van der Waals surface area (Å²) >= 11 is 0. The molecule has 0 aliphatic rings. The van der Waals surface area contributed by atoms with Crippen molar-refractivity contribution < 1.29 is 4.79 Å². The first kappa shape index (κ1) is 13.4. The maximum Gasteiger partial charge on any atom is 0.254 e. The Morgan fingerprint density at radius 2 is 2.06 bits per heavy atom. The lowest BCUT2D eigenvalue weighted by molar-refractivity contribution is 0.0827. The van der Waals surface area contributed by atoms with Crippen LogP contribution in [0.2, 0.25) is 0 Å². The van der Waals surface area contributed by atoms with Gasteiger partial charge in [-0.05, 0) is 19.2 Å². The molecule has 94 valence electrons. The number of hydrogen-bond acceptors (Lipinski definition) is 4. The van der Waals surface area contributed by atoms with Gasteiger partial charge in [0.05, 0.1) is 5.56 Å². The van der Waals surface area contributed by atoms with Crippen molar-refractivity contribution in [3.63, 3.8) is 0 Å². The number of carbonyl (C=O) groups is 1. The Labute approximate surface area is 102 Å². The summed E-state index contributed by atoms with van der Waals surface area (Å²) < 4.78 is 0. The third-order valence-corrected chi connectivity index (χ3v) is 2.49. The van der Waals surface area contributed by atoms with Gasteiger partial charge in [0.15, 0.2) is 0 Å². The smallest absolute Gasteiger partial charge is 0.254 e. The highest BCUT2D eigenvalue weighted by Crippen LogP contribution is 2.10. The Morgan fingerprint density at radius 1 is 1.35 bits per heavy atom. The fraction of sp³-hybridized carbons (Fsp3) is 0.500. The van der Waals surface area contributed by atoms with Gasteiger partial charge in [0.1, 0.15) is 5.82 Å². The van der Waals surface area contributed by atoms with E-state index in [0.717, 1.165) is 18.9 Å². The summed E-state index contributed by atoms with van der Waals surface area (Å²) in [5, 5.41) is 3.08. The summed E-state index contributed by atoms with van der Waals surface area (Å²) in [4.78, 5) is 19.5. The summed E-state index contributed by atoms with van der Waals surface area (Å²) in [6.07, 6.45) is 1.62. The van der Waals surface area contributed by atoms with Crippen LogP contribution in [0.25, 0.3) is 0 Å². The molecule has 1 N–H and O–H groups in total. The Hall–Kier alpha value is -1.62. The molecule has 1 amide bonds. The number of nitrogens with zero attached hydrogens (tertiary/aromatic N) is 3. The van der Waals surface area contributed by atoms with Crippen molar-refractivity contribution >= 4 is 11.7 Å². The molecule has 5 nitrogen and oxygen atoms in total. The highest BCUT2D eigenvalue weighted by atomic mass is 16.2. The van der Waals surface area contributed by atoms with Gasteiger partial charge in [0.2, 0.25) is 0 Å². The maximum absolute atomic E-state index is 11.7. The first-order valence-electron chi connectivity index (χ1n) is 5.59. The van der Waals surface area contributed by atoms with Gasteiger partial charge in [-0.25, -0.2) is 4.98 Å². The average Bonchev–Trinajstić information content (AvgIpc) is 2.35. The molecule has 0 spiro atoms. The molecule has 0 aromatic carbocycles. The van der Waals surface area contributed by atoms with Crippen molar-refractivity contribution in [2.75, 3.05) is 46.2 Å². The van der Waals surface area contributed by atoms with E-state index in [-0.39, 0.29) is 5.91 Å². The molecular formula is C12H20N4O. The van der Waals surface area contributed by atoms with Crippen molar-refractivity contribution in [1.29, 1.82) is 0 Å². The minimum Gasteiger partial charge on any atom is -0.358 e. The van der Waals surface area contributed by atoms with Crippen LogP contribution >= 0.6 is 0 Å². The van der Waals surface area contributed by atoms with E-state index in [9.17, 15) is 4.79 Å². The number of aromatic nitrogens is 1. The Bertz CT molecular complexity index is 361. The highest BCUT2D eigenvalue weighted by Gasteiger charge is 2.09. The normalized spacial score (nSPS) is 10.1. The van der Waals surface area contributed by atoms with Crippen molar-refractivity contribution in [2.45, 2.75) is 0 Å². The number of hydrogen-bond donors (Lipinski definition) is 1. The molecule has 1 heterocycles. The van der Waals surface area contributed by atoms with Gasteiger partial charge in [-0.15, -0.1) is 0 Å². The second kappa shape index (κ2) is 6.20. The zero-order chi connectivity index (χ0) is 12.8. The zero-order valence-corrected chi connectivity index (χ0v) is 10.9. The van der Waals surface area contributed by atoms with Crippen molar-refractivity contribution in [3.05, 3.63) is 23.9 Å². The number of pyridine rings is 1. The summed E-state index contributed by atoms with van der Waals surface area (Å²) in [6, 6.07) is 3.67. The van der Waals surface area contributed by atoms with Gasteiger partial charge >= 0.3 is 0 Å². The van der Waals surface area contributed by atoms with Crippen LogP contribution in [0.3, 0.4) is 0 Å². The molecule has 0 saturated carbocycles. The number of carbonyl (C=O) groups excluding carboxylic acids is 1. The van der Waals surface area contributed by atoms with Crippen LogP contribution in [0.15, 0.2) is 18.3 Å². The molecule has 0 fully saturated rings. The second-order valence-corrected chi connectivity index (χ2v) is 4.13. The van der Waals surface area contributed by atoms with E-state index in [1.54, 1.807) is 31.3 Å². The Balaban J connectivity index is 2.70. The fourth-order valence-electron chi connectivity index (χ4n) is 1.39. The average molecular weight is 236 g/mol. The van der Waals surface area contributed by atoms with Gasteiger partial charge in [0, 0.05) is 40.4 Å². The first-order chi connectivity index (χ1) is 8.06. The standard InChI is InChI=1S/C12H20N4O/c1-13-7-8-16(4)11-6-5-10(9-14-11)12(17)15(2)3/h5-6,9,13H,7-8H2,1-4H3. The van der Waals surface area contributed by atoms with Gasteiger partial charge in [-0.1, -0.05) is 0 Å². The van der Waals surface area contributed by atoms with E-state index in [1.807, 2.05) is 25.1 Å². The summed E-state index contributed by atoms with van der Waals surface area (Å²) in [5.74, 6) is 0.845. The fourth-order valence-corrected chi connectivity index (χ4v) is 1.39. The van der Waals surface area contributed by atoms with E-state index in [2.05, 4.69) is 10.3 Å². The van der Waals surface area contributed by atoms with E-state index in [4.69, 9.17) is 0 Å². The van der Waals surface area contributed by atoms with Crippen molar-refractivity contribution in [3.8, 4) is 0 Å². The molecule has 0 bridgehead atoms. The third kappa shape index (κ3) is 3.71. The zero-order valence-electron chi connectivity index (χ0n) is 10.9. The second-order valence-electron chi connectivity index (χ2n) is 4.13. The lowest BCUT2D eigenvalue weighted by atomic mass is 10.2. The van der Waals surface area contributed by atoms with Crippen molar-refractivity contribution in [1.82, 2.24) is 15.2 Å². The first-order valence-corrected chi connectivity index (χ1v) is 5.59. The minimum atomic E-state index is -0.0260. The number of rotatable bonds is 5. The van der Waals surface area contributed by atoms with E-state index >= 15 is 0 Å². The molecule has 5 heteroatoms. The van der Waals surface area contributed by atoms with Crippen molar-refractivity contribution in [2.24, 2.45) is 0 Å². The van der Waals surface area contributed by atoms with Crippen LogP contribution in [0.5, 0.6) is 0 Å². The number of anilines is 1. The highest BCUT2D eigenvalue weighted by molar-refractivity contribution is 5.93. The van der Waals surface area contributed by atoms with Crippen LogP contribution in [0.1, 0.15) is 10.4 Å². The molecule has 0 atom stereocenters. The predicted molar refractivity (Wildman–Crippen MR) is 69.5 cm³/mol. The van der Waals surface area contributed by atoms with Gasteiger partial charge in [-0.2, -0.15) is 0 Å². The molecule has 1 aromatic rings. The van der Waals surface area contributed by atoms with Crippen LogP contribution in [0.4, 0.5) is 5.82 Å². The summed E-state index contributed by atoms with van der Waals surface area (Å²) in [6.45, 7) is 1.78. The lowest BCUT2D eigenvalue weighted by Crippen LogP contribution is -2.28. The molecule has 0 aliphatic heterocycles. The minimum absolute atomic E-state index is 0.0260. The molecule has 17 heavy (non-hydrogen) atoms. The molecule has 0 saturated heterocycles. The van der Waals surface area contributed by atoms with Gasteiger partial charge < -0.3 is 15.1 Å². The van der Waals surface area contributed by atoms with Crippen LogP contribution in [-0.4, -0.2) is 57.1 Å². The summed E-state index contributed by atoms with van der Waals surface area (Å²) in [7, 11) is 7.36. The van der Waals surface area contributed by atoms with E-state index < -0.39 is 0 Å². The van der Waals surface area contributed by atoms with E-state index in [1.165, 1.54) is 0 Å². The Kier molecular flexibility index (Phi) is 4.90. The van der Waals surface area contributed by atoms with Crippen LogP contribution in [0, 0.1) is 0 Å². The van der Waals surface area contributed by atoms with Gasteiger partial charge in [-0.3, -0.25) is 4.79 Å². The Morgan fingerprint density at radius 3 is 2.53 bits per heavy atom. The number of nitrogens with one attached hydrogen (secondary N) is 1. The lowest BCUT2D eigenvalue weighted by Gasteiger charge is -2.18. The third-order valence-electron chi connectivity index (χ3n) is 2.49. The maximum atomic E-state index is 11.7. The van der Waals surface area contributed by atoms with Crippen LogP contribution < -0.4 is 10.2 Å². The molecule has 1 rings (SSSR count). The predicted octanol–water partition coefficient (Wildman–Crippen LogP) is 0.439. The van der Waals surface area contributed by atoms with Gasteiger partial charge in [0.25, 0.3) is 5.91 Å². The quantitative estimate of drug-likeness (QED) is 0.806. The SMILES string of the molecule is CNCCN(C)c1ccc(C(=O)N(C)C)cn1. The summed E-state index contributed by atoms with van der Waals surface area (Å²) in [5.41, 5.74) is 0.612. The monoisotopic (exact) mass is 236 g/mol. The molecular weight excluding hydrogens is 216 g/mol. The molecule has 0 radical (unpaired) electrons. The molecule has 0 unspecified atom stereocenters. The molecule has 1 aromatic heterocycles.